The molecule has 1 aliphatic heterocycles. The molecule has 17 heavy (non-hydrogen) atoms. The van der Waals surface area contributed by atoms with E-state index in [4.69, 9.17) is 80.1 Å². The Labute approximate surface area is 136 Å². The van der Waals surface area contributed by atoms with Crippen LogP contribution in [0.15, 0.2) is 0 Å². The summed E-state index contributed by atoms with van der Waals surface area (Å²) in [5.74, 6) is 0. The van der Waals surface area contributed by atoms with E-state index in [1.165, 1.54) is 16.4 Å². The van der Waals surface area contributed by atoms with Gasteiger partial charge in [-0.25, -0.2) is 0 Å². The maximum atomic E-state index is 6.39. The summed E-state index contributed by atoms with van der Waals surface area (Å²) >= 11 is 43.1. The van der Waals surface area contributed by atoms with Crippen molar-refractivity contribution in [2.24, 2.45) is 0 Å². The van der Waals surface area contributed by atoms with Gasteiger partial charge in [0.25, 0.3) is 0 Å². The van der Waals surface area contributed by atoms with E-state index < -0.39 is 19.4 Å². The first-order valence-corrected chi connectivity index (χ1v) is 10.9. The number of hydrogen-bond donors (Lipinski definition) is 0. The van der Waals surface area contributed by atoms with Gasteiger partial charge in [-0.05, 0) is 0 Å². The number of hydrogen-bond acceptors (Lipinski definition) is 2. The van der Waals surface area contributed by atoms with E-state index in [-0.39, 0.29) is 0 Å². The predicted octanol–water partition coefficient (Wildman–Crippen LogP) is 6.14. The summed E-state index contributed by atoms with van der Waals surface area (Å²) in [4.78, 5) is -3.84. The third-order valence-corrected chi connectivity index (χ3v) is 10.7. The van der Waals surface area contributed by atoms with Crippen molar-refractivity contribution in [3.05, 3.63) is 0 Å². The average Bonchev–Trinajstić information content (AvgIpc) is 1.95. The Morgan fingerprint density at radius 3 is 1.53 bits per heavy atom. The van der Waals surface area contributed by atoms with Crippen LogP contribution in [0.1, 0.15) is 20.8 Å². The molecule has 0 aromatic rings. The van der Waals surface area contributed by atoms with Crippen molar-refractivity contribution in [3.8, 4) is 0 Å². The molecule has 104 valence electrons. The summed E-state index contributed by atoms with van der Waals surface area (Å²) in [6, 6.07) is 0. The van der Waals surface area contributed by atoms with Gasteiger partial charge in [-0.15, -0.1) is 0 Å². The quantitative estimate of drug-likeness (QED) is 0.272. The first kappa shape index (κ1) is 17.4. The Hall–Kier alpha value is 2.38. The van der Waals surface area contributed by atoms with Crippen molar-refractivity contribution in [1.82, 2.24) is 9.34 Å². The van der Waals surface area contributed by atoms with Gasteiger partial charge >= 0.3 is 137 Å². The fourth-order valence-electron chi connectivity index (χ4n) is 1.88. The fourth-order valence-corrected chi connectivity index (χ4v) is 11.2. The van der Waals surface area contributed by atoms with Crippen LogP contribution in [-0.4, -0.2) is 30.8 Å². The predicted molar refractivity (Wildman–Crippen MR) is 82.7 cm³/mol. The Morgan fingerprint density at radius 2 is 1.35 bits per heavy atom. The third-order valence-electron chi connectivity index (χ3n) is 2.50. The van der Waals surface area contributed by atoms with E-state index in [0.717, 1.165) is 0 Å². The maximum absolute atomic E-state index is 6.39. The molecule has 0 saturated carbocycles. The summed E-state index contributed by atoms with van der Waals surface area (Å²) in [6.45, 7) is 5.51. The Bertz CT molecular complexity index is 341. The molecule has 0 bridgehead atoms. The van der Waals surface area contributed by atoms with Crippen LogP contribution in [0.5, 0.6) is 0 Å². The minimum atomic E-state index is -3.84. The van der Waals surface area contributed by atoms with E-state index in [0.29, 0.717) is 0 Å². The molecule has 0 radical (unpaired) electrons. The molecule has 0 spiro atoms. The van der Waals surface area contributed by atoms with E-state index in [2.05, 4.69) is 0 Å². The Balaban J connectivity index is 3.39. The average molecular weight is 403 g/mol. The summed E-state index contributed by atoms with van der Waals surface area (Å²) < 4.78 is 0.963. The molecule has 1 fully saturated rings. The monoisotopic (exact) mass is 400 g/mol. The summed E-state index contributed by atoms with van der Waals surface area (Å²) in [7, 11) is 1.53. The van der Waals surface area contributed by atoms with Crippen molar-refractivity contribution in [2.75, 3.05) is 7.05 Å². The minimum absolute atomic E-state index is 0.568. The molecule has 10 heteroatoms. The fraction of sp³-hybridized carbons (Fsp3) is 1.00. The van der Waals surface area contributed by atoms with Gasteiger partial charge in [0.15, 0.2) is 0 Å². The van der Waals surface area contributed by atoms with Crippen molar-refractivity contribution >= 4 is 85.1 Å². The van der Waals surface area contributed by atoms with Gasteiger partial charge in [0.2, 0.25) is 0 Å². The van der Waals surface area contributed by atoms with Gasteiger partial charge in [0, 0.05) is 0 Å². The molecule has 1 saturated heterocycles. The van der Waals surface area contributed by atoms with Gasteiger partial charge in [0.1, 0.15) is 0 Å². The standard InChI is InChI=1S/C7H12Cl7N2P/c1-5(2,3)16-7(11,6(8,9)10)15(4)17(16,12,13)14/h1-4H3. The van der Waals surface area contributed by atoms with Crippen LogP contribution in [0.2, 0.25) is 0 Å². The van der Waals surface area contributed by atoms with Gasteiger partial charge in [-0.3, -0.25) is 0 Å². The number of rotatable bonds is 0. The molecule has 1 rings (SSSR count). The molecule has 0 amide bonds. The van der Waals surface area contributed by atoms with Crippen LogP contribution in [0.3, 0.4) is 0 Å². The second kappa shape index (κ2) is 4.19. The second-order valence-corrected chi connectivity index (χ2v) is 17.4. The van der Waals surface area contributed by atoms with Gasteiger partial charge < -0.3 is 0 Å². The van der Waals surface area contributed by atoms with Crippen LogP contribution in [0.4, 0.5) is 0 Å². The van der Waals surface area contributed by atoms with Crippen LogP contribution >= 0.6 is 85.1 Å². The van der Waals surface area contributed by atoms with Gasteiger partial charge in [-0.1, -0.05) is 0 Å². The summed E-state index contributed by atoms with van der Waals surface area (Å²) in [6.07, 6.45) is 0. The Morgan fingerprint density at radius 1 is 1.00 bits per heavy atom. The van der Waals surface area contributed by atoms with Crippen LogP contribution in [0.25, 0.3) is 0 Å². The first-order valence-electron chi connectivity index (χ1n) is 4.53. The normalized spacial score (nSPS) is 37.0. The molecule has 2 nitrogen and oxygen atoms in total. The van der Waals surface area contributed by atoms with Crippen molar-refractivity contribution < 1.29 is 0 Å². The zero-order chi connectivity index (χ0) is 14.1. The SMILES string of the molecule is CN1C(Cl)(C(Cl)(Cl)Cl)N(C(C)(C)C)P1(Cl)(Cl)Cl. The molecule has 1 atom stereocenters. The molecule has 0 N–H and O–H groups in total. The second-order valence-electron chi connectivity index (χ2n) is 4.83. The topological polar surface area (TPSA) is 6.48 Å². The molecule has 0 aromatic heterocycles. The number of nitrogens with zero attached hydrogens (tertiary/aromatic N) is 2. The molecule has 1 heterocycles. The van der Waals surface area contributed by atoms with Crippen LogP contribution in [-0.2, 0) is 0 Å². The van der Waals surface area contributed by atoms with E-state index in [1.807, 2.05) is 20.8 Å². The van der Waals surface area contributed by atoms with E-state index in [1.54, 1.807) is 0 Å². The van der Waals surface area contributed by atoms with E-state index >= 15 is 0 Å². The number of halogens is 7. The van der Waals surface area contributed by atoms with E-state index in [9.17, 15) is 0 Å². The van der Waals surface area contributed by atoms with Crippen molar-refractivity contribution in [2.45, 2.75) is 35.2 Å². The van der Waals surface area contributed by atoms with Gasteiger partial charge in [-0.2, -0.15) is 0 Å². The molecule has 0 aliphatic carbocycles. The van der Waals surface area contributed by atoms with Gasteiger partial charge in [0.05, 0.1) is 0 Å². The van der Waals surface area contributed by atoms with Crippen LogP contribution < -0.4 is 0 Å². The molecule has 1 unspecified atom stereocenters. The molecular formula is C7H12Cl7N2P. The first-order chi connectivity index (χ1) is 7.05. The van der Waals surface area contributed by atoms with Crippen molar-refractivity contribution in [3.63, 3.8) is 0 Å². The zero-order valence-corrected chi connectivity index (χ0v) is 15.7. The number of alkyl halides is 4. The van der Waals surface area contributed by atoms with Crippen LogP contribution in [0, 0.1) is 0 Å². The molecular weight excluding hydrogens is 391 g/mol. The molecule has 1 aliphatic rings. The third kappa shape index (κ3) is 2.39. The zero-order valence-electron chi connectivity index (χ0n) is 9.49. The molecule has 0 aromatic carbocycles. The summed E-state index contributed by atoms with van der Waals surface area (Å²) in [5.41, 5.74) is -0.568. The Kier molecular flexibility index (Phi) is 4.30. The van der Waals surface area contributed by atoms with Crippen molar-refractivity contribution in [1.29, 1.82) is 0 Å². The summed E-state index contributed by atoms with van der Waals surface area (Å²) in [5, 5.41) is -1.49.